The second kappa shape index (κ2) is 7.74. The average molecular weight is 343 g/mol. The minimum Gasteiger partial charge on any atom is -0.375 e. The lowest BCUT2D eigenvalue weighted by atomic mass is 9.94. The van der Waals surface area contributed by atoms with Crippen molar-refractivity contribution >= 4 is 5.91 Å². The molecule has 0 aliphatic carbocycles. The van der Waals surface area contributed by atoms with Crippen molar-refractivity contribution in [2.24, 2.45) is 0 Å². The van der Waals surface area contributed by atoms with Gasteiger partial charge in [-0.3, -0.25) is 14.3 Å². The van der Waals surface area contributed by atoms with Crippen LogP contribution in [-0.2, 0) is 9.53 Å². The number of carbonyl (C=O) groups excluding carboxylic acids is 1. The molecular formula is C18H25N5O2. The molecule has 1 aliphatic heterocycles. The highest BCUT2D eigenvalue weighted by Crippen LogP contribution is 2.29. The van der Waals surface area contributed by atoms with Gasteiger partial charge in [-0.05, 0) is 12.8 Å². The highest BCUT2D eigenvalue weighted by Gasteiger charge is 2.28. The molecule has 0 N–H and O–H groups in total. The average Bonchev–Trinajstić information content (AvgIpc) is 3.12. The number of likely N-dealkylation sites (tertiary alicyclic amines) is 1. The van der Waals surface area contributed by atoms with Gasteiger partial charge in [0.05, 0.1) is 5.69 Å². The summed E-state index contributed by atoms with van der Waals surface area (Å²) in [5.41, 5.74) is 0.928. The van der Waals surface area contributed by atoms with Crippen LogP contribution in [0, 0.1) is 0 Å². The van der Waals surface area contributed by atoms with E-state index in [4.69, 9.17) is 4.74 Å². The Bertz CT molecular complexity index is 728. The molecule has 0 aromatic carbocycles. The maximum Gasteiger partial charge on any atom is 0.248 e. The number of amides is 1. The number of ether oxygens (including phenoxy) is 1. The zero-order chi connectivity index (χ0) is 17.8. The monoisotopic (exact) mass is 343 g/mol. The van der Waals surface area contributed by atoms with Crippen molar-refractivity contribution in [3.05, 3.63) is 36.3 Å². The number of hydrogen-bond donors (Lipinski definition) is 0. The molecule has 0 bridgehead atoms. The van der Waals surface area contributed by atoms with E-state index in [1.54, 1.807) is 25.7 Å². The van der Waals surface area contributed by atoms with Crippen LogP contribution in [0.4, 0.5) is 0 Å². The number of nitrogens with zero attached hydrogens (tertiary/aromatic N) is 5. The number of hydrogen-bond acceptors (Lipinski definition) is 5. The summed E-state index contributed by atoms with van der Waals surface area (Å²) in [6, 6.07) is 0. The lowest BCUT2D eigenvalue weighted by Crippen LogP contribution is -2.41. The molecule has 1 atom stereocenters. The first-order chi connectivity index (χ1) is 12.1. The summed E-state index contributed by atoms with van der Waals surface area (Å²) < 4.78 is 7.01. The fraction of sp³-hybridized carbons (Fsp3) is 0.556. The summed E-state index contributed by atoms with van der Waals surface area (Å²) in [5.74, 6) is 2.26. The van der Waals surface area contributed by atoms with E-state index in [9.17, 15) is 4.79 Å². The predicted molar refractivity (Wildman–Crippen MR) is 93.7 cm³/mol. The highest BCUT2D eigenvalue weighted by molar-refractivity contribution is 5.77. The zero-order valence-corrected chi connectivity index (χ0v) is 15.1. The first kappa shape index (κ1) is 17.5. The van der Waals surface area contributed by atoms with Gasteiger partial charge in [-0.15, -0.1) is 0 Å². The highest BCUT2D eigenvalue weighted by atomic mass is 16.5. The van der Waals surface area contributed by atoms with Crippen molar-refractivity contribution in [2.75, 3.05) is 26.8 Å². The molecule has 1 amide bonds. The third kappa shape index (κ3) is 3.71. The van der Waals surface area contributed by atoms with E-state index in [0.717, 1.165) is 36.7 Å². The quantitative estimate of drug-likeness (QED) is 0.831. The molecule has 1 fully saturated rings. The Morgan fingerprint density at radius 1 is 1.28 bits per heavy atom. The Kier molecular flexibility index (Phi) is 5.43. The molecule has 3 heterocycles. The Morgan fingerprint density at radius 3 is 2.84 bits per heavy atom. The summed E-state index contributed by atoms with van der Waals surface area (Å²) in [5, 5.41) is 0. The molecule has 1 saturated heterocycles. The number of methoxy groups -OCH3 is 1. The van der Waals surface area contributed by atoms with Crippen molar-refractivity contribution < 1.29 is 9.53 Å². The van der Waals surface area contributed by atoms with Crippen LogP contribution in [0.3, 0.4) is 0 Å². The van der Waals surface area contributed by atoms with Gasteiger partial charge in [0.15, 0.2) is 5.82 Å². The minimum absolute atomic E-state index is 0.0307. The molecule has 0 radical (unpaired) electrons. The van der Waals surface area contributed by atoms with Gasteiger partial charge in [0, 0.05) is 56.8 Å². The van der Waals surface area contributed by atoms with Gasteiger partial charge >= 0.3 is 0 Å². The first-order valence-corrected chi connectivity index (χ1v) is 8.73. The minimum atomic E-state index is 0.0307. The topological polar surface area (TPSA) is 73.1 Å². The van der Waals surface area contributed by atoms with Gasteiger partial charge in [0.1, 0.15) is 12.4 Å². The van der Waals surface area contributed by atoms with Gasteiger partial charge in [0.25, 0.3) is 0 Å². The van der Waals surface area contributed by atoms with E-state index in [0.29, 0.717) is 6.54 Å². The van der Waals surface area contributed by atoms with Gasteiger partial charge in [-0.25, -0.2) is 9.97 Å². The van der Waals surface area contributed by atoms with Crippen molar-refractivity contribution in [1.82, 2.24) is 24.4 Å². The molecular weight excluding hydrogens is 318 g/mol. The first-order valence-electron chi connectivity index (χ1n) is 8.73. The van der Waals surface area contributed by atoms with Crippen LogP contribution in [0.15, 0.2) is 24.8 Å². The van der Waals surface area contributed by atoms with Crippen LogP contribution in [-0.4, -0.2) is 57.1 Å². The van der Waals surface area contributed by atoms with Crippen LogP contribution >= 0.6 is 0 Å². The number of aromatic nitrogens is 4. The fourth-order valence-electron chi connectivity index (χ4n) is 3.38. The molecule has 2 aromatic rings. The lowest BCUT2D eigenvalue weighted by molar-refractivity contribution is -0.136. The molecule has 1 unspecified atom stereocenters. The maximum atomic E-state index is 12.2. The normalized spacial score (nSPS) is 17.9. The van der Waals surface area contributed by atoms with Gasteiger partial charge in [-0.1, -0.05) is 13.8 Å². The van der Waals surface area contributed by atoms with E-state index < -0.39 is 0 Å². The molecule has 0 saturated carbocycles. The number of carbonyl (C=O) groups is 1. The molecule has 134 valence electrons. The van der Waals surface area contributed by atoms with Gasteiger partial charge < -0.3 is 9.64 Å². The molecule has 2 aromatic heterocycles. The van der Waals surface area contributed by atoms with E-state index >= 15 is 0 Å². The van der Waals surface area contributed by atoms with E-state index in [1.807, 2.05) is 15.7 Å². The SMILES string of the molecule is COCC(=O)N1CCCC(c2nccnc2-n2ccnc2C(C)C)C1. The van der Waals surface area contributed by atoms with Crippen LogP contribution in [0.25, 0.3) is 5.82 Å². The van der Waals surface area contributed by atoms with E-state index in [1.165, 1.54) is 0 Å². The predicted octanol–water partition coefficient (Wildman–Crippen LogP) is 2.14. The molecule has 25 heavy (non-hydrogen) atoms. The van der Waals surface area contributed by atoms with E-state index in [2.05, 4.69) is 28.8 Å². The van der Waals surface area contributed by atoms with Gasteiger partial charge in [0.2, 0.25) is 5.91 Å². The largest absolute Gasteiger partial charge is 0.375 e. The van der Waals surface area contributed by atoms with Crippen LogP contribution in [0.1, 0.15) is 50.0 Å². The van der Waals surface area contributed by atoms with Crippen molar-refractivity contribution in [1.29, 1.82) is 0 Å². The second-order valence-corrected chi connectivity index (χ2v) is 6.69. The second-order valence-electron chi connectivity index (χ2n) is 6.69. The summed E-state index contributed by atoms with van der Waals surface area (Å²) in [4.78, 5) is 27.7. The van der Waals surface area contributed by atoms with Crippen LogP contribution in [0.2, 0.25) is 0 Å². The Hall–Kier alpha value is -2.28. The fourth-order valence-corrected chi connectivity index (χ4v) is 3.38. The lowest BCUT2D eigenvalue weighted by Gasteiger charge is -2.33. The van der Waals surface area contributed by atoms with E-state index in [-0.39, 0.29) is 24.3 Å². The number of imidazole rings is 1. The van der Waals surface area contributed by atoms with Crippen molar-refractivity contribution in [3.8, 4) is 5.82 Å². The smallest absolute Gasteiger partial charge is 0.248 e. The summed E-state index contributed by atoms with van der Waals surface area (Å²) in [7, 11) is 1.55. The summed E-state index contributed by atoms with van der Waals surface area (Å²) in [6.07, 6.45) is 9.11. The standard InChI is InChI=1S/C18H25N5O2/c1-13(2)17-21-8-10-23(17)18-16(19-6-7-20-18)14-5-4-9-22(11-14)15(24)12-25-3/h6-8,10,13-14H,4-5,9,11-12H2,1-3H3. The van der Waals surface area contributed by atoms with Crippen molar-refractivity contribution in [2.45, 2.75) is 38.5 Å². The third-order valence-electron chi connectivity index (χ3n) is 4.55. The number of piperidine rings is 1. The molecule has 0 spiro atoms. The molecule has 3 rings (SSSR count). The Balaban J connectivity index is 1.90. The van der Waals surface area contributed by atoms with Crippen LogP contribution in [0.5, 0.6) is 0 Å². The number of rotatable bonds is 5. The summed E-state index contributed by atoms with van der Waals surface area (Å²) in [6.45, 7) is 5.77. The molecule has 1 aliphatic rings. The third-order valence-corrected chi connectivity index (χ3v) is 4.55. The maximum absolute atomic E-state index is 12.2. The molecule has 7 nitrogen and oxygen atoms in total. The molecule has 7 heteroatoms. The Labute approximate surface area is 148 Å². The van der Waals surface area contributed by atoms with Crippen LogP contribution < -0.4 is 0 Å². The Morgan fingerprint density at radius 2 is 2.08 bits per heavy atom. The summed E-state index contributed by atoms with van der Waals surface area (Å²) >= 11 is 0. The van der Waals surface area contributed by atoms with Crippen molar-refractivity contribution in [3.63, 3.8) is 0 Å². The van der Waals surface area contributed by atoms with Gasteiger partial charge in [-0.2, -0.15) is 0 Å². The zero-order valence-electron chi connectivity index (χ0n) is 15.1.